The van der Waals surface area contributed by atoms with Gasteiger partial charge in [-0.15, -0.1) is 0 Å². The molecule has 3 rings (SSSR count). The third-order valence-corrected chi connectivity index (χ3v) is 3.90. The van der Waals surface area contributed by atoms with E-state index in [0.717, 1.165) is 23.6 Å². The molecule has 0 aliphatic rings. The SMILES string of the molecule is COc1cccc(-c2ccc(=O)n(CN(C)Cc3ccccc3)n2)c1. The van der Waals surface area contributed by atoms with E-state index in [4.69, 9.17) is 4.74 Å². The monoisotopic (exact) mass is 335 g/mol. The van der Waals surface area contributed by atoms with Crippen molar-refractivity contribution in [1.82, 2.24) is 14.7 Å². The van der Waals surface area contributed by atoms with Crippen molar-refractivity contribution < 1.29 is 4.74 Å². The molecule has 0 saturated carbocycles. The lowest BCUT2D eigenvalue weighted by atomic mass is 10.1. The van der Waals surface area contributed by atoms with Crippen LogP contribution in [0.3, 0.4) is 0 Å². The van der Waals surface area contributed by atoms with Crippen LogP contribution in [0, 0.1) is 0 Å². The Labute approximate surface area is 147 Å². The number of hydrogen-bond acceptors (Lipinski definition) is 4. The Morgan fingerprint density at radius 2 is 1.84 bits per heavy atom. The Balaban J connectivity index is 1.80. The summed E-state index contributed by atoms with van der Waals surface area (Å²) in [6, 6.07) is 21.1. The average molecular weight is 335 g/mol. The Morgan fingerprint density at radius 3 is 2.60 bits per heavy atom. The van der Waals surface area contributed by atoms with Crippen molar-refractivity contribution in [3.8, 4) is 17.0 Å². The molecular weight excluding hydrogens is 314 g/mol. The Hall–Kier alpha value is -2.92. The number of benzene rings is 2. The summed E-state index contributed by atoms with van der Waals surface area (Å²) in [5.74, 6) is 0.762. The van der Waals surface area contributed by atoms with Gasteiger partial charge in [-0.2, -0.15) is 5.10 Å². The number of aromatic nitrogens is 2. The fraction of sp³-hybridized carbons (Fsp3) is 0.200. The first-order valence-electron chi connectivity index (χ1n) is 8.11. The molecule has 0 aliphatic carbocycles. The molecule has 1 heterocycles. The van der Waals surface area contributed by atoms with Gasteiger partial charge in [0.05, 0.1) is 19.5 Å². The molecule has 0 amide bonds. The lowest BCUT2D eigenvalue weighted by Crippen LogP contribution is -2.31. The highest BCUT2D eigenvalue weighted by Gasteiger charge is 2.07. The molecule has 2 aromatic carbocycles. The second-order valence-electron chi connectivity index (χ2n) is 5.93. The summed E-state index contributed by atoms with van der Waals surface area (Å²) in [7, 11) is 3.60. The van der Waals surface area contributed by atoms with Gasteiger partial charge in [0.25, 0.3) is 5.56 Å². The van der Waals surface area contributed by atoms with Gasteiger partial charge in [-0.05, 0) is 30.8 Å². The highest BCUT2D eigenvalue weighted by molar-refractivity contribution is 5.60. The van der Waals surface area contributed by atoms with Crippen LogP contribution in [0.1, 0.15) is 5.56 Å². The number of methoxy groups -OCH3 is 1. The van der Waals surface area contributed by atoms with Crippen molar-refractivity contribution in [2.24, 2.45) is 0 Å². The molecule has 0 atom stereocenters. The van der Waals surface area contributed by atoms with E-state index >= 15 is 0 Å². The summed E-state index contributed by atoms with van der Waals surface area (Å²) in [6.45, 7) is 1.17. The van der Waals surface area contributed by atoms with Gasteiger partial charge in [0.1, 0.15) is 5.75 Å². The smallest absolute Gasteiger partial charge is 0.268 e. The molecule has 0 bridgehead atoms. The van der Waals surface area contributed by atoms with Crippen LogP contribution < -0.4 is 10.3 Å². The van der Waals surface area contributed by atoms with Gasteiger partial charge < -0.3 is 4.74 Å². The Bertz CT molecular complexity index is 891. The second-order valence-corrected chi connectivity index (χ2v) is 5.93. The van der Waals surface area contributed by atoms with E-state index in [0.29, 0.717) is 6.67 Å². The highest BCUT2D eigenvalue weighted by Crippen LogP contribution is 2.21. The van der Waals surface area contributed by atoms with E-state index in [9.17, 15) is 4.79 Å². The normalized spacial score (nSPS) is 10.8. The average Bonchev–Trinajstić information content (AvgIpc) is 2.64. The number of rotatable bonds is 6. The third-order valence-electron chi connectivity index (χ3n) is 3.90. The summed E-state index contributed by atoms with van der Waals surface area (Å²) >= 11 is 0. The van der Waals surface area contributed by atoms with E-state index in [2.05, 4.69) is 22.1 Å². The summed E-state index contributed by atoms with van der Waals surface area (Å²) in [5, 5.41) is 4.51. The maximum absolute atomic E-state index is 12.2. The summed E-state index contributed by atoms with van der Waals surface area (Å²) in [6.07, 6.45) is 0. The molecular formula is C20H21N3O2. The second kappa shape index (κ2) is 7.77. The van der Waals surface area contributed by atoms with Gasteiger partial charge in [-0.3, -0.25) is 9.69 Å². The van der Waals surface area contributed by atoms with Crippen LogP contribution in [0.25, 0.3) is 11.3 Å². The maximum Gasteiger partial charge on any atom is 0.268 e. The summed E-state index contributed by atoms with van der Waals surface area (Å²) in [4.78, 5) is 14.2. The van der Waals surface area contributed by atoms with Crippen molar-refractivity contribution in [1.29, 1.82) is 0 Å². The van der Waals surface area contributed by atoms with Gasteiger partial charge in [0.2, 0.25) is 0 Å². The zero-order chi connectivity index (χ0) is 17.6. The first kappa shape index (κ1) is 16.9. The molecule has 128 valence electrons. The first-order chi connectivity index (χ1) is 12.2. The van der Waals surface area contributed by atoms with Crippen molar-refractivity contribution in [2.45, 2.75) is 13.2 Å². The Kier molecular flexibility index (Phi) is 5.26. The molecule has 5 nitrogen and oxygen atoms in total. The predicted molar refractivity (Wildman–Crippen MR) is 98.4 cm³/mol. The number of hydrogen-bond donors (Lipinski definition) is 0. The van der Waals surface area contributed by atoms with E-state index in [1.165, 1.54) is 10.2 Å². The van der Waals surface area contributed by atoms with E-state index in [-0.39, 0.29) is 5.56 Å². The zero-order valence-corrected chi connectivity index (χ0v) is 14.4. The largest absolute Gasteiger partial charge is 0.497 e. The molecule has 5 heteroatoms. The molecule has 0 aliphatic heterocycles. The van der Waals surface area contributed by atoms with Crippen LogP contribution in [0.2, 0.25) is 0 Å². The number of ether oxygens (including phenoxy) is 1. The van der Waals surface area contributed by atoms with Crippen LogP contribution in [0.15, 0.2) is 71.5 Å². The standard InChI is InChI=1S/C20H21N3O2/c1-22(14-16-7-4-3-5-8-16)15-23-20(24)12-11-19(21-23)17-9-6-10-18(13-17)25-2/h3-13H,14-15H2,1-2H3. The molecule has 25 heavy (non-hydrogen) atoms. The maximum atomic E-state index is 12.2. The molecule has 3 aromatic rings. The fourth-order valence-electron chi connectivity index (χ4n) is 2.66. The van der Waals surface area contributed by atoms with Crippen LogP contribution >= 0.6 is 0 Å². The molecule has 1 aromatic heterocycles. The molecule has 0 spiro atoms. The molecule has 0 N–H and O–H groups in total. The zero-order valence-electron chi connectivity index (χ0n) is 14.4. The molecule has 0 fully saturated rings. The third kappa shape index (κ3) is 4.33. The van der Waals surface area contributed by atoms with Crippen molar-refractivity contribution in [3.63, 3.8) is 0 Å². The van der Waals surface area contributed by atoms with Crippen LogP contribution in [-0.4, -0.2) is 28.8 Å². The van der Waals surface area contributed by atoms with E-state index < -0.39 is 0 Å². The van der Waals surface area contributed by atoms with Gasteiger partial charge in [0.15, 0.2) is 0 Å². The minimum absolute atomic E-state index is 0.119. The first-order valence-corrected chi connectivity index (χ1v) is 8.11. The van der Waals surface area contributed by atoms with Crippen molar-refractivity contribution in [2.75, 3.05) is 14.2 Å². The molecule has 0 radical (unpaired) electrons. The lowest BCUT2D eigenvalue weighted by molar-refractivity contribution is 0.240. The minimum Gasteiger partial charge on any atom is -0.497 e. The quantitative estimate of drug-likeness (QED) is 0.695. The summed E-state index contributed by atoms with van der Waals surface area (Å²) < 4.78 is 6.74. The van der Waals surface area contributed by atoms with Gasteiger partial charge in [0, 0.05) is 18.2 Å². The fourth-order valence-corrected chi connectivity index (χ4v) is 2.66. The topological polar surface area (TPSA) is 47.4 Å². The predicted octanol–water partition coefficient (Wildman–Crippen LogP) is 3.01. The molecule has 0 unspecified atom stereocenters. The van der Waals surface area contributed by atoms with E-state index in [1.807, 2.05) is 49.5 Å². The van der Waals surface area contributed by atoms with Crippen LogP contribution in [0.4, 0.5) is 0 Å². The van der Waals surface area contributed by atoms with Gasteiger partial charge >= 0.3 is 0 Å². The van der Waals surface area contributed by atoms with E-state index in [1.54, 1.807) is 19.2 Å². The summed E-state index contributed by atoms with van der Waals surface area (Å²) in [5.41, 5.74) is 2.74. The van der Waals surface area contributed by atoms with Crippen LogP contribution in [0.5, 0.6) is 5.75 Å². The van der Waals surface area contributed by atoms with Crippen molar-refractivity contribution in [3.05, 3.63) is 82.6 Å². The lowest BCUT2D eigenvalue weighted by Gasteiger charge is -2.18. The molecule has 0 saturated heterocycles. The van der Waals surface area contributed by atoms with Crippen LogP contribution in [-0.2, 0) is 13.2 Å². The number of nitrogens with zero attached hydrogens (tertiary/aromatic N) is 3. The highest BCUT2D eigenvalue weighted by atomic mass is 16.5. The van der Waals surface area contributed by atoms with Gasteiger partial charge in [-0.1, -0.05) is 42.5 Å². The minimum atomic E-state index is -0.119. The van der Waals surface area contributed by atoms with Crippen molar-refractivity contribution >= 4 is 0 Å². The van der Waals surface area contributed by atoms with Gasteiger partial charge in [-0.25, -0.2) is 4.68 Å². The Morgan fingerprint density at radius 1 is 1.04 bits per heavy atom.